The number of likely N-dealkylation sites (tertiary alicyclic amines) is 1. The largest absolute Gasteiger partial charge is 0.391 e. The normalized spacial score (nSPS) is 20.2. The second-order valence-electron chi connectivity index (χ2n) is 6.57. The number of H-pyrrole nitrogens is 2. The maximum absolute atomic E-state index is 12.5. The number of nitrogens with zero attached hydrogens (tertiary/aromatic N) is 3. The molecule has 2 aromatic rings. The number of aromatic amines is 2. The van der Waals surface area contributed by atoms with E-state index in [0.717, 1.165) is 11.4 Å². The molecule has 134 valence electrons. The maximum Gasteiger partial charge on any atom is 0.328 e. The summed E-state index contributed by atoms with van der Waals surface area (Å²) in [6, 6.07) is 1.92. The molecule has 1 saturated heterocycles. The van der Waals surface area contributed by atoms with Crippen molar-refractivity contribution in [1.29, 1.82) is 0 Å². The highest BCUT2D eigenvalue weighted by Crippen LogP contribution is 2.21. The van der Waals surface area contributed by atoms with Crippen molar-refractivity contribution in [2.24, 2.45) is 5.92 Å². The van der Waals surface area contributed by atoms with E-state index in [2.05, 4.69) is 15.2 Å². The lowest BCUT2D eigenvalue weighted by Crippen LogP contribution is -2.38. The molecule has 1 aliphatic heterocycles. The Kier molecular flexibility index (Phi) is 4.58. The van der Waals surface area contributed by atoms with Gasteiger partial charge in [0.25, 0.3) is 5.56 Å². The van der Waals surface area contributed by atoms with Crippen LogP contribution in [0.25, 0.3) is 0 Å². The van der Waals surface area contributed by atoms with Gasteiger partial charge in [-0.1, -0.05) is 0 Å². The van der Waals surface area contributed by atoms with E-state index in [0.29, 0.717) is 18.5 Å². The zero-order valence-corrected chi connectivity index (χ0v) is 14.2. The standard InChI is InChI=1S/C16H21N5O4/c1-9-5-21(16(25)17-15(9)24)8-14(23)20-6-11(13(22)7-20)4-12-3-10(2)18-19-12/h3,5,11,13,22H,4,6-8H2,1-2H3,(H,18,19)(H,17,24,25)/t11-,13+/m1/s1. The third-order valence-electron chi connectivity index (χ3n) is 4.48. The number of aromatic nitrogens is 4. The van der Waals surface area contributed by atoms with Crippen molar-refractivity contribution in [3.8, 4) is 0 Å². The van der Waals surface area contributed by atoms with E-state index in [-0.39, 0.29) is 24.9 Å². The van der Waals surface area contributed by atoms with Gasteiger partial charge in [-0.05, 0) is 26.3 Å². The van der Waals surface area contributed by atoms with Crippen molar-refractivity contribution in [3.05, 3.63) is 50.1 Å². The van der Waals surface area contributed by atoms with E-state index in [1.165, 1.54) is 10.8 Å². The molecular weight excluding hydrogens is 326 g/mol. The van der Waals surface area contributed by atoms with E-state index < -0.39 is 17.4 Å². The number of aliphatic hydroxyl groups excluding tert-OH is 1. The number of carbonyl (C=O) groups is 1. The Morgan fingerprint density at radius 3 is 2.80 bits per heavy atom. The van der Waals surface area contributed by atoms with Gasteiger partial charge < -0.3 is 10.0 Å². The van der Waals surface area contributed by atoms with Crippen LogP contribution in [0.1, 0.15) is 17.0 Å². The predicted octanol–water partition coefficient (Wildman–Crippen LogP) is -1.06. The van der Waals surface area contributed by atoms with E-state index in [4.69, 9.17) is 0 Å². The van der Waals surface area contributed by atoms with Crippen LogP contribution in [0, 0.1) is 19.8 Å². The Morgan fingerprint density at radius 1 is 1.36 bits per heavy atom. The third-order valence-corrected chi connectivity index (χ3v) is 4.48. The number of nitrogens with one attached hydrogen (secondary N) is 2. The van der Waals surface area contributed by atoms with Crippen molar-refractivity contribution in [2.45, 2.75) is 32.9 Å². The van der Waals surface area contributed by atoms with Crippen LogP contribution >= 0.6 is 0 Å². The van der Waals surface area contributed by atoms with Crippen LogP contribution < -0.4 is 11.2 Å². The molecule has 25 heavy (non-hydrogen) atoms. The first-order chi connectivity index (χ1) is 11.8. The average molecular weight is 347 g/mol. The first-order valence-electron chi connectivity index (χ1n) is 8.10. The number of β-amino-alcohol motifs (C(OH)–C–C–N with tert-alkyl or cyclic N) is 1. The maximum atomic E-state index is 12.5. The minimum Gasteiger partial charge on any atom is -0.391 e. The van der Waals surface area contributed by atoms with Crippen LogP contribution in [0.3, 0.4) is 0 Å². The van der Waals surface area contributed by atoms with E-state index in [1.807, 2.05) is 13.0 Å². The molecule has 0 saturated carbocycles. The lowest BCUT2D eigenvalue weighted by atomic mass is 10.0. The summed E-state index contributed by atoms with van der Waals surface area (Å²) in [7, 11) is 0. The molecule has 0 radical (unpaired) electrons. The molecule has 3 rings (SSSR count). The van der Waals surface area contributed by atoms with Crippen LogP contribution in [0.2, 0.25) is 0 Å². The topological polar surface area (TPSA) is 124 Å². The summed E-state index contributed by atoms with van der Waals surface area (Å²) in [5.41, 5.74) is 1.08. The quantitative estimate of drug-likeness (QED) is 0.650. The lowest BCUT2D eigenvalue weighted by molar-refractivity contribution is -0.131. The van der Waals surface area contributed by atoms with Crippen LogP contribution in [-0.2, 0) is 17.8 Å². The molecule has 3 heterocycles. The van der Waals surface area contributed by atoms with Gasteiger partial charge in [0.15, 0.2) is 0 Å². The van der Waals surface area contributed by atoms with Crippen molar-refractivity contribution < 1.29 is 9.90 Å². The first kappa shape index (κ1) is 17.2. The molecule has 0 aromatic carbocycles. The smallest absolute Gasteiger partial charge is 0.328 e. The molecular formula is C16H21N5O4. The van der Waals surface area contributed by atoms with Gasteiger partial charge in [0, 0.05) is 36.5 Å². The van der Waals surface area contributed by atoms with Crippen molar-refractivity contribution in [2.75, 3.05) is 13.1 Å². The fourth-order valence-corrected chi connectivity index (χ4v) is 3.09. The van der Waals surface area contributed by atoms with Crippen molar-refractivity contribution in [3.63, 3.8) is 0 Å². The molecule has 2 aromatic heterocycles. The van der Waals surface area contributed by atoms with Gasteiger partial charge in [0.1, 0.15) is 6.54 Å². The van der Waals surface area contributed by atoms with Gasteiger partial charge in [-0.25, -0.2) is 4.79 Å². The summed E-state index contributed by atoms with van der Waals surface area (Å²) < 4.78 is 1.18. The van der Waals surface area contributed by atoms with E-state index >= 15 is 0 Å². The Balaban J connectivity index is 1.66. The van der Waals surface area contributed by atoms with Gasteiger partial charge in [-0.2, -0.15) is 5.10 Å². The Hall–Kier alpha value is -2.68. The molecule has 9 heteroatoms. The Morgan fingerprint density at radius 2 is 2.12 bits per heavy atom. The fraction of sp³-hybridized carbons (Fsp3) is 0.500. The van der Waals surface area contributed by atoms with Crippen LogP contribution in [0.15, 0.2) is 21.9 Å². The summed E-state index contributed by atoms with van der Waals surface area (Å²) in [5.74, 6) is -0.367. The summed E-state index contributed by atoms with van der Waals surface area (Å²) in [4.78, 5) is 39.4. The highest BCUT2D eigenvalue weighted by Gasteiger charge is 2.34. The molecule has 0 unspecified atom stereocenters. The zero-order chi connectivity index (χ0) is 18.1. The Bertz CT molecular complexity index is 896. The highest BCUT2D eigenvalue weighted by molar-refractivity contribution is 5.76. The molecule has 1 fully saturated rings. The van der Waals surface area contributed by atoms with Gasteiger partial charge in [-0.15, -0.1) is 0 Å². The lowest BCUT2D eigenvalue weighted by Gasteiger charge is -2.16. The molecule has 0 aliphatic carbocycles. The third kappa shape index (κ3) is 3.71. The molecule has 2 atom stereocenters. The van der Waals surface area contributed by atoms with Crippen molar-refractivity contribution in [1.82, 2.24) is 24.6 Å². The molecule has 0 bridgehead atoms. The molecule has 3 N–H and O–H groups in total. The minimum absolute atomic E-state index is 0.0966. The van der Waals surface area contributed by atoms with Gasteiger partial charge >= 0.3 is 5.69 Å². The Labute approximate surface area is 143 Å². The zero-order valence-electron chi connectivity index (χ0n) is 14.2. The van der Waals surface area contributed by atoms with Crippen LogP contribution in [-0.4, -0.2) is 54.9 Å². The average Bonchev–Trinajstić information content (AvgIpc) is 3.11. The highest BCUT2D eigenvalue weighted by atomic mass is 16.3. The second-order valence-corrected chi connectivity index (χ2v) is 6.57. The number of hydrogen-bond donors (Lipinski definition) is 3. The molecule has 0 spiro atoms. The summed E-state index contributed by atoms with van der Waals surface area (Å²) in [6.07, 6.45) is 1.32. The first-order valence-corrected chi connectivity index (χ1v) is 8.10. The van der Waals surface area contributed by atoms with Crippen LogP contribution in [0.5, 0.6) is 0 Å². The minimum atomic E-state index is -0.630. The van der Waals surface area contributed by atoms with Crippen LogP contribution in [0.4, 0.5) is 0 Å². The number of amides is 1. The SMILES string of the molecule is Cc1cc(C[C@@H]2CN(C(=O)Cn3cc(C)c(=O)[nH]c3=O)C[C@@H]2O)n[nH]1. The number of rotatable bonds is 4. The number of hydrogen-bond acceptors (Lipinski definition) is 5. The van der Waals surface area contributed by atoms with E-state index in [9.17, 15) is 19.5 Å². The summed E-state index contributed by atoms with van der Waals surface area (Å²) in [5, 5.41) is 17.3. The molecule has 1 aliphatic rings. The number of aliphatic hydroxyl groups is 1. The van der Waals surface area contributed by atoms with Gasteiger partial charge in [0.05, 0.1) is 11.8 Å². The number of aryl methyl sites for hydroxylation is 2. The fourth-order valence-electron chi connectivity index (χ4n) is 3.09. The van der Waals surface area contributed by atoms with Crippen molar-refractivity contribution >= 4 is 5.91 Å². The predicted molar refractivity (Wildman–Crippen MR) is 89.2 cm³/mol. The van der Waals surface area contributed by atoms with Gasteiger partial charge in [0.2, 0.25) is 5.91 Å². The molecule has 9 nitrogen and oxygen atoms in total. The second kappa shape index (κ2) is 6.67. The molecule has 1 amide bonds. The summed E-state index contributed by atoms with van der Waals surface area (Å²) >= 11 is 0. The van der Waals surface area contributed by atoms with E-state index in [1.54, 1.807) is 11.8 Å². The number of carbonyl (C=O) groups excluding carboxylic acids is 1. The monoisotopic (exact) mass is 347 g/mol. The summed E-state index contributed by atoms with van der Waals surface area (Å²) in [6.45, 7) is 3.94. The van der Waals surface area contributed by atoms with Gasteiger partial charge in [-0.3, -0.25) is 24.2 Å².